The predicted octanol–water partition coefficient (Wildman–Crippen LogP) is 1.55. The van der Waals surface area contributed by atoms with Gasteiger partial charge < -0.3 is 0 Å². The van der Waals surface area contributed by atoms with Crippen LogP contribution in [0, 0.1) is 6.92 Å². The number of aromatic amines is 1. The highest BCUT2D eigenvalue weighted by molar-refractivity contribution is 7.99. The summed E-state index contributed by atoms with van der Waals surface area (Å²) in [6.07, 6.45) is 1.46. The fraction of sp³-hybridized carbons (Fsp3) is 0.111. The number of hydrogen-bond donors (Lipinski definition) is 3. The largest absolute Gasteiger partial charge is 0.292 e. The number of nitrogen functional groups attached to an aromatic ring is 1. The lowest BCUT2D eigenvalue weighted by Crippen LogP contribution is -2.10. The topological polar surface area (TPSA) is 105 Å². The standard InChI is InChI=1S/C9H9N7S2/c1-4-2-5-6(17-4)13-8(15-10)14-7(5)18-9-11-3-12-16-9/h2-3H,10H2,1H3,(H,11,12,16)(H,13,14,15). The molecule has 0 atom stereocenters. The van der Waals surface area contributed by atoms with Crippen LogP contribution in [0.15, 0.2) is 22.6 Å². The molecular formula is C9H9N7S2. The van der Waals surface area contributed by atoms with Crippen LogP contribution in [0.5, 0.6) is 0 Å². The van der Waals surface area contributed by atoms with Crippen molar-refractivity contribution in [2.24, 2.45) is 5.84 Å². The number of nitrogens with one attached hydrogen (secondary N) is 2. The Hall–Kier alpha value is -1.71. The molecule has 3 heterocycles. The van der Waals surface area contributed by atoms with Crippen LogP contribution < -0.4 is 11.3 Å². The first-order valence-corrected chi connectivity index (χ1v) is 6.67. The Morgan fingerprint density at radius 2 is 2.33 bits per heavy atom. The number of fused-ring (bicyclic) bond motifs is 1. The second-order valence-corrected chi connectivity index (χ2v) is 5.68. The van der Waals surface area contributed by atoms with Crippen LogP contribution in [-0.2, 0) is 0 Å². The number of nitrogens with two attached hydrogens (primary N) is 1. The first-order valence-electron chi connectivity index (χ1n) is 5.04. The molecule has 3 rings (SSSR count). The van der Waals surface area contributed by atoms with Crippen LogP contribution in [-0.4, -0.2) is 25.1 Å². The molecule has 0 spiro atoms. The fourth-order valence-electron chi connectivity index (χ4n) is 1.49. The lowest BCUT2D eigenvalue weighted by atomic mass is 10.4. The second kappa shape index (κ2) is 4.52. The van der Waals surface area contributed by atoms with Gasteiger partial charge in [-0.2, -0.15) is 5.10 Å². The maximum absolute atomic E-state index is 5.37. The quantitative estimate of drug-likeness (QED) is 0.379. The first kappa shape index (κ1) is 11.4. The van der Waals surface area contributed by atoms with Gasteiger partial charge in [-0.25, -0.2) is 20.8 Å². The number of rotatable bonds is 3. The first-order chi connectivity index (χ1) is 8.76. The van der Waals surface area contributed by atoms with Crippen molar-refractivity contribution in [2.45, 2.75) is 17.1 Å². The zero-order valence-corrected chi connectivity index (χ0v) is 11.0. The van der Waals surface area contributed by atoms with Gasteiger partial charge in [-0.3, -0.25) is 10.5 Å². The molecule has 0 aliphatic rings. The Balaban J connectivity index is 2.13. The van der Waals surface area contributed by atoms with Crippen molar-refractivity contribution in [2.75, 3.05) is 5.43 Å². The Kier molecular flexibility index (Phi) is 2.86. The maximum atomic E-state index is 5.37. The van der Waals surface area contributed by atoms with Crippen molar-refractivity contribution in [1.29, 1.82) is 0 Å². The van der Waals surface area contributed by atoms with Gasteiger partial charge in [0.2, 0.25) is 5.95 Å². The summed E-state index contributed by atoms with van der Waals surface area (Å²) < 4.78 is 0. The number of H-pyrrole nitrogens is 1. The molecule has 0 aliphatic carbocycles. The number of nitrogens with zero attached hydrogens (tertiary/aromatic N) is 4. The van der Waals surface area contributed by atoms with Gasteiger partial charge in [-0.05, 0) is 24.8 Å². The minimum atomic E-state index is 0.395. The molecule has 0 fully saturated rings. The van der Waals surface area contributed by atoms with Gasteiger partial charge in [0.15, 0.2) is 5.16 Å². The molecule has 0 radical (unpaired) electrons. The molecule has 0 aliphatic heterocycles. The van der Waals surface area contributed by atoms with E-state index >= 15 is 0 Å². The average Bonchev–Trinajstić information content (AvgIpc) is 2.97. The van der Waals surface area contributed by atoms with Crippen LogP contribution in [0.2, 0.25) is 0 Å². The van der Waals surface area contributed by atoms with E-state index in [1.165, 1.54) is 23.0 Å². The molecule has 18 heavy (non-hydrogen) atoms. The van der Waals surface area contributed by atoms with E-state index in [4.69, 9.17) is 5.84 Å². The Morgan fingerprint density at radius 1 is 1.44 bits per heavy atom. The maximum Gasteiger partial charge on any atom is 0.239 e. The number of anilines is 1. The molecule has 0 saturated heterocycles. The molecule has 92 valence electrons. The second-order valence-electron chi connectivity index (χ2n) is 3.47. The Labute approximate surface area is 110 Å². The minimum Gasteiger partial charge on any atom is -0.292 e. The van der Waals surface area contributed by atoms with Crippen molar-refractivity contribution in [1.82, 2.24) is 25.1 Å². The van der Waals surface area contributed by atoms with E-state index in [9.17, 15) is 0 Å². The van der Waals surface area contributed by atoms with Gasteiger partial charge in [0.05, 0.1) is 0 Å². The SMILES string of the molecule is Cc1cc2c(Sc3ncn[nH]3)nc(NN)nc2s1. The average molecular weight is 279 g/mol. The summed E-state index contributed by atoms with van der Waals surface area (Å²) in [5.74, 6) is 5.77. The van der Waals surface area contributed by atoms with Crippen molar-refractivity contribution in [3.8, 4) is 0 Å². The molecule has 0 unspecified atom stereocenters. The summed E-state index contributed by atoms with van der Waals surface area (Å²) in [4.78, 5) is 14.8. The summed E-state index contributed by atoms with van der Waals surface area (Å²) in [6.45, 7) is 2.03. The summed E-state index contributed by atoms with van der Waals surface area (Å²) in [7, 11) is 0. The number of hydrazine groups is 1. The highest BCUT2D eigenvalue weighted by Crippen LogP contribution is 2.34. The van der Waals surface area contributed by atoms with E-state index in [1.807, 2.05) is 6.92 Å². The Morgan fingerprint density at radius 3 is 3.06 bits per heavy atom. The number of hydrogen-bond acceptors (Lipinski definition) is 8. The predicted molar refractivity (Wildman–Crippen MR) is 70.5 cm³/mol. The van der Waals surface area contributed by atoms with Crippen molar-refractivity contribution >= 4 is 39.3 Å². The van der Waals surface area contributed by atoms with E-state index in [-0.39, 0.29) is 0 Å². The van der Waals surface area contributed by atoms with Gasteiger partial charge in [0.1, 0.15) is 16.2 Å². The molecule has 4 N–H and O–H groups in total. The zero-order chi connectivity index (χ0) is 12.5. The van der Waals surface area contributed by atoms with E-state index in [0.29, 0.717) is 11.1 Å². The molecule has 3 aromatic rings. The molecule has 0 saturated carbocycles. The molecule has 0 bridgehead atoms. The van der Waals surface area contributed by atoms with Gasteiger partial charge >= 0.3 is 0 Å². The van der Waals surface area contributed by atoms with E-state index in [1.54, 1.807) is 11.3 Å². The molecular weight excluding hydrogens is 270 g/mol. The minimum absolute atomic E-state index is 0.395. The molecule has 9 heteroatoms. The molecule has 0 aromatic carbocycles. The summed E-state index contributed by atoms with van der Waals surface area (Å²) >= 11 is 3.00. The monoisotopic (exact) mass is 279 g/mol. The summed E-state index contributed by atoms with van der Waals surface area (Å²) in [6, 6.07) is 2.05. The summed E-state index contributed by atoms with van der Waals surface area (Å²) in [5, 5.41) is 9.08. The fourth-order valence-corrected chi connectivity index (χ4v) is 3.22. The zero-order valence-electron chi connectivity index (χ0n) is 9.34. The highest BCUT2D eigenvalue weighted by Gasteiger charge is 2.12. The molecule has 3 aromatic heterocycles. The third-order valence-corrected chi connectivity index (χ3v) is 4.04. The summed E-state index contributed by atoms with van der Waals surface area (Å²) in [5.41, 5.74) is 2.47. The van der Waals surface area contributed by atoms with Gasteiger partial charge in [-0.1, -0.05) is 0 Å². The highest BCUT2D eigenvalue weighted by atomic mass is 32.2. The number of aryl methyl sites for hydroxylation is 1. The van der Waals surface area contributed by atoms with Crippen LogP contribution in [0.3, 0.4) is 0 Å². The van der Waals surface area contributed by atoms with Crippen molar-refractivity contribution in [3.63, 3.8) is 0 Å². The number of aromatic nitrogens is 5. The van der Waals surface area contributed by atoms with Crippen LogP contribution in [0.1, 0.15) is 4.88 Å². The third kappa shape index (κ3) is 2.03. The lowest BCUT2D eigenvalue weighted by molar-refractivity contribution is 0.967. The lowest BCUT2D eigenvalue weighted by Gasteiger charge is -2.02. The smallest absolute Gasteiger partial charge is 0.239 e. The van der Waals surface area contributed by atoms with Gasteiger partial charge in [0, 0.05) is 10.3 Å². The number of thiophene rings is 1. The van der Waals surface area contributed by atoms with E-state index < -0.39 is 0 Å². The van der Waals surface area contributed by atoms with Gasteiger partial charge in [0.25, 0.3) is 0 Å². The van der Waals surface area contributed by atoms with Crippen molar-refractivity contribution < 1.29 is 0 Å². The van der Waals surface area contributed by atoms with Crippen LogP contribution >= 0.6 is 23.1 Å². The normalized spacial score (nSPS) is 11.0. The third-order valence-electron chi connectivity index (χ3n) is 2.20. The Bertz CT molecular complexity index is 676. The molecule has 0 amide bonds. The molecule has 7 nitrogen and oxygen atoms in total. The van der Waals surface area contributed by atoms with Crippen LogP contribution in [0.25, 0.3) is 10.2 Å². The van der Waals surface area contributed by atoms with E-state index in [0.717, 1.165) is 15.2 Å². The van der Waals surface area contributed by atoms with Gasteiger partial charge in [-0.15, -0.1) is 11.3 Å². The van der Waals surface area contributed by atoms with Crippen molar-refractivity contribution in [3.05, 3.63) is 17.3 Å². The van der Waals surface area contributed by atoms with E-state index in [2.05, 4.69) is 36.6 Å². The van der Waals surface area contributed by atoms with Crippen LogP contribution in [0.4, 0.5) is 5.95 Å².